The summed E-state index contributed by atoms with van der Waals surface area (Å²) in [5.41, 5.74) is 4.38. The van der Waals surface area contributed by atoms with E-state index in [0.29, 0.717) is 0 Å². The highest BCUT2D eigenvalue weighted by atomic mass is 79.9. The number of aromatic nitrogens is 3. The minimum atomic E-state index is 0.0722. The highest BCUT2D eigenvalue weighted by molar-refractivity contribution is 9.10. The van der Waals surface area contributed by atoms with Crippen LogP contribution in [0.1, 0.15) is 37.7 Å². The van der Waals surface area contributed by atoms with E-state index in [1.54, 1.807) is 6.20 Å². The highest BCUT2D eigenvalue weighted by Gasteiger charge is 2.15. The number of halogens is 1. The van der Waals surface area contributed by atoms with Crippen LogP contribution in [0.5, 0.6) is 0 Å². The van der Waals surface area contributed by atoms with Gasteiger partial charge in [-0.3, -0.25) is 4.98 Å². The zero-order valence-electron chi connectivity index (χ0n) is 12.7. The molecule has 0 atom stereocenters. The van der Waals surface area contributed by atoms with Crippen LogP contribution in [0, 0.1) is 13.8 Å². The van der Waals surface area contributed by atoms with Gasteiger partial charge in [0.25, 0.3) is 0 Å². The largest absolute Gasteiger partial charge is 0.308 e. The lowest BCUT2D eigenvalue weighted by Crippen LogP contribution is -2.35. The summed E-state index contributed by atoms with van der Waals surface area (Å²) in [6.07, 6.45) is 3.71. The predicted molar refractivity (Wildman–Crippen MR) is 85.1 cm³/mol. The molecule has 2 rings (SSSR count). The van der Waals surface area contributed by atoms with Gasteiger partial charge in [-0.15, -0.1) is 0 Å². The van der Waals surface area contributed by atoms with Crippen molar-refractivity contribution in [3.8, 4) is 5.69 Å². The molecule has 0 unspecified atom stereocenters. The molecular formula is C15H21BrN4. The van der Waals surface area contributed by atoms with Gasteiger partial charge < -0.3 is 5.32 Å². The third-order valence-corrected chi connectivity index (χ3v) is 4.27. The normalized spacial score (nSPS) is 11.9. The van der Waals surface area contributed by atoms with Crippen molar-refractivity contribution in [3.63, 3.8) is 0 Å². The van der Waals surface area contributed by atoms with Crippen LogP contribution in [0.4, 0.5) is 0 Å². The van der Waals surface area contributed by atoms with E-state index >= 15 is 0 Å². The molecule has 0 saturated carbocycles. The Balaban J connectivity index is 2.39. The lowest BCUT2D eigenvalue weighted by molar-refractivity contribution is 0.423. The van der Waals surface area contributed by atoms with Crippen LogP contribution in [0.15, 0.2) is 22.9 Å². The minimum Gasteiger partial charge on any atom is -0.308 e. The summed E-state index contributed by atoms with van der Waals surface area (Å²) < 4.78 is 3.03. The maximum absolute atomic E-state index is 4.60. The molecule has 0 aliphatic carbocycles. The number of hydrogen-bond donors (Lipinski definition) is 1. The molecular weight excluding hydrogens is 316 g/mol. The van der Waals surface area contributed by atoms with Crippen molar-refractivity contribution in [1.82, 2.24) is 20.1 Å². The van der Waals surface area contributed by atoms with Gasteiger partial charge in [0.2, 0.25) is 0 Å². The number of hydrogen-bond acceptors (Lipinski definition) is 3. The van der Waals surface area contributed by atoms with Crippen LogP contribution in [-0.2, 0) is 6.54 Å². The van der Waals surface area contributed by atoms with Crippen molar-refractivity contribution in [2.75, 3.05) is 0 Å². The summed E-state index contributed by atoms with van der Waals surface area (Å²) in [6, 6.07) is 2.01. The SMILES string of the molecule is Cc1nn(-c2ccncc2CNC(C)(C)C)c(C)c1Br. The third-order valence-electron chi connectivity index (χ3n) is 3.12. The van der Waals surface area contributed by atoms with Gasteiger partial charge >= 0.3 is 0 Å². The number of nitrogens with zero attached hydrogens (tertiary/aromatic N) is 3. The topological polar surface area (TPSA) is 42.7 Å². The Morgan fingerprint density at radius 2 is 2.00 bits per heavy atom. The first-order valence-electron chi connectivity index (χ1n) is 6.69. The third kappa shape index (κ3) is 3.27. The van der Waals surface area contributed by atoms with Crippen molar-refractivity contribution in [1.29, 1.82) is 0 Å². The number of rotatable bonds is 3. The fourth-order valence-electron chi connectivity index (χ4n) is 1.98. The Bertz CT molecular complexity index is 611. The Labute approximate surface area is 128 Å². The van der Waals surface area contributed by atoms with E-state index < -0.39 is 0 Å². The first-order chi connectivity index (χ1) is 9.29. The molecule has 2 aromatic heterocycles. The van der Waals surface area contributed by atoms with Gasteiger partial charge in [0.05, 0.1) is 21.5 Å². The van der Waals surface area contributed by atoms with Crippen molar-refractivity contribution in [3.05, 3.63) is 39.9 Å². The monoisotopic (exact) mass is 336 g/mol. The minimum absolute atomic E-state index is 0.0722. The maximum atomic E-state index is 4.60. The lowest BCUT2D eigenvalue weighted by atomic mass is 10.1. The standard InChI is InChI=1S/C15H21BrN4/c1-10-14(16)11(2)20(19-10)13-6-7-17-8-12(13)9-18-15(3,4)5/h6-8,18H,9H2,1-5H3. The van der Waals surface area contributed by atoms with Crippen LogP contribution >= 0.6 is 15.9 Å². The molecule has 108 valence electrons. The Kier molecular flexibility index (Phi) is 4.30. The average Bonchev–Trinajstić information content (AvgIpc) is 2.64. The molecule has 5 heteroatoms. The molecule has 0 bridgehead atoms. The van der Waals surface area contributed by atoms with Gasteiger partial charge in [-0.2, -0.15) is 5.10 Å². The van der Waals surface area contributed by atoms with Gasteiger partial charge in [0.15, 0.2) is 0 Å². The smallest absolute Gasteiger partial charge is 0.0743 e. The predicted octanol–water partition coefficient (Wildman–Crippen LogP) is 3.53. The van der Waals surface area contributed by atoms with Gasteiger partial charge in [-0.1, -0.05) is 0 Å². The second-order valence-corrected chi connectivity index (χ2v) is 6.80. The van der Waals surface area contributed by atoms with Crippen LogP contribution in [0.25, 0.3) is 5.69 Å². The van der Waals surface area contributed by atoms with E-state index in [-0.39, 0.29) is 5.54 Å². The Morgan fingerprint density at radius 1 is 1.30 bits per heavy atom. The second kappa shape index (κ2) is 5.66. The van der Waals surface area contributed by atoms with E-state index in [4.69, 9.17) is 0 Å². The summed E-state index contributed by atoms with van der Waals surface area (Å²) in [4.78, 5) is 4.24. The van der Waals surface area contributed by atoms with Crippen LogP contribution in [0.3, 0.4) is 0 Å². The number of aryl methyl sites for hydroxylation is 1. The quantitative estimate of drug-likeness (QED) is 0.932. The molecule has 0 amide bonds. The van der Waals surface area contributed by atoms with Crippen molar-refractivity contribution >= 4 is 15.9 Å². The molecule has 0 radical (unpaired) electrons. The second-order valence-electron chi connectivity index (χ2n) is 6.00. The molecule has 0 fully saturated rings. The summed E-state index contributed by atoms with van der Waals surface area (Å²) in [5, 5.41) is 8.10. The van der Waals surface area contributed by atoms with Gasteiger partial charge in [0.1, 0.15) is 0 Å². The highest BCUT2D eigenvalue weighted by Crippen LogP contribution is 2.24. The van der Waals surface area contributed by atoms with Crippen molar-refractivity contribution in [2.24, 2.45) is 0 Å². The van der Waals surface area contributed by atoms with Crippen molar-refractivity contribution < 1.29 is 0 Å². The van der Waals surface area contributed by atoms with E-state index in [0.717, 1.165) is 33.7 Å². The molecule has 0 spiro atoms. The Morgan fingerprint density at radius 3 is 2.55 bits per heavy atom. The molecule has 2 aromatic rings. The summed E-state index contributed by atoms with van der Waals surface area (Å²) in [5.74, 6) is 0. The molecule has 1 N–H and O–H groups in total. The molecule has 0 aliphatic heterocycles. The van der Waals surface area contributed by atoms with Crippen LogP contribution < -0.4 is 5.32 Å². The van der Waals surface area contributed by atoms with Gasteiger partial charge in [-0.05, 0) is 56.6 Å². The number of nitrogens with one attached hydrogen (secondary N) is 1. The number of pyridine rings is 1. The van der Waals surface area contributed by atoms with E-state index in [1.165, 1.54) is 0 Å². The van der Waals surface area contributed by atoms with E-state index in [1.807, 2.05) is 23.9 Å². The molecule has 2 heterocycles. The zero-order chi connectivity index (χ0) is 14.9. The maximum Gasteiger partial charge on any atom is 0.0743 e. The van der Waals surface area contributed by atoms with E-state index in [9.17, 15) is 0 Å². The molecule has 0 aromatic carbocycles. The first kappa shape index (κ1) is 15.2. The first-order valence-corrected chi connectivity index (χ1v) is 7.49. The van der Waals surface area contributed by atoms with Crippen LogP contribution in [0.2, 0.25) is 0 Å². The molecule has 20 heavy (non-hydrogen) atoms. The average molecular weight is 337 g/mol. The van der Waals surface area contributed by atoms with Gasteiger partial charge in [0, 0.05) is 30.0 Å². The van der Waals surface area contributed by atoms with Gasteiger partial charge in [-0.25, -0.2) is 4.68 Å². The zero-order valence-corrected chi connectivity index (χ0v) is 14.2. The summed E-state index contributed by atoms with van der Waals surface area (Å²) >= 11 is 3.58. The molecule has 4 nitrogen and oxygen atoms in total. The van der Waals surface area contributed by atoms with Crippen molar-refractivity contribution in [2.45, 2.75) is 46.7 Å². The molecule has 0 saturated heterocycles. The summed E-state index contributed by atoms with van der Waals surface area (Å²) in [7, 11) is 0. The summed E-state index contributed by atoms with van der Waals surface area (Å²) in [6.45, 7) is 11.3. The Hall–Kier alpha value is -1.20. The fraction of sp³-hybridized carbons (Fsp3) is 0.467. The van der Waals surface area contributed by atoms with E-state index in [2.05, 4.69) is 59.0 Å². The molecule has 0 aliphatic rings. The fourth-order valence-corrected chi connectivity index (χ4v) is 2.23. The lowest BCUT2D eigenvalue weighted by Gasteiger charge is -2.21. The van der Waals surface area contributed by atoms with Crippen LogP contribution in [-0.4, -0.2) is 20.3 Å².